The van der Waals surface area contributed by atoms with Gasteiger partial charge in [0.05, 0.1) is 0 Å². The smallest absolute Gasteiger partial charge is 0.0274 e. The first-order valence-electron chi connectivity index (χ1n) is 8.47. The summed E-state index contributed by atoms with van der Waals surface area (Å²) in [6.45, 7) is 16.5. The first kappa shape index (κ1) is 17.0. The van der Waals surface area contributed by atoms with Crippen LogP contribution in [-0.2, 0) is 0 Å². The van der Waals surface area contributed by atoms with E-state index in [2.05, 4.69) is 51.8 Å². The molecule has 1 N–H and O–H groups in total. The molecule has 0 radical (unpaired) electrons. The number of unbranched alkanes of at least 4 members (excludes halogenated alkanes) is 1. The Kier molecular flexibility index (Phi) is 6.82. The maximum absolute atomic E-state index is 3.78. The van der Waals surface area contributed by atoms with E-state index in [0.29, 0.717) is 17.5 Å². The van der Waals surface area contributed by atoms with E-state index < -0.39 is 0 Å². The van der Waals surface area contributed by atoms with Crippen molar-refractivity contribution in [2.45, 2.75) is 91.8 Å². The van der Waals surface area contributed by atoms with Crippen LogP contribution in [-0.4, -0.2) is 36.1 Å². The molecule has 1 aliphatic rings. The van der Waals surface area contributed by atoms with Gasteiger partial charge in [-0.2, -0.15) is 0 Å². The zero-order valence-corrected chi connectivity index (χ0v) is 14.1. The molecule has 3 atom stereocenters. The molecular weight excluding hydrogens is 232 g/mol. The lowest BCUT2D eigenvalue weighted by Gasteiger charge is -2.40. The van der Waals surface area contributed by atoms with Crippen LogP contribution in [0.5, 0.6) is 0 Å². The zero-order chi connectivity index (χ0) is 14.5. The van der Waals surface area contributed by atoms with Crippen LogP contribution in [0.3, 0.4) is 0 Å². The molecule has 0 aromatic carbocycles. The summed E-state index contributed by atoms with van der Waals surface area (Å²) in [7, 11) is 0. The van der Waals surface area contributed by atoms with E-state index in [1.165, 1.54) is 38.6 Å². The Morgan fingerprint density at radius 3 is 2.47 bits per heavy atom. The zero-order valence-electron chi connectivity index (χ0n) is 14.1. The fourth-order valence-corrected chi connectivity index (χ4v) is 3.64. The molecule has 1 fully saturated rings. The van der Waals surface area contributed by atoms with Gasteiger partial charge in [-0.15, -0.1) is 0 Å². The van der Waals surface area contributed by atoms with Crippen LogP contribution >= 0.6 is 0 Å². The van der Waals surface area contributed by atoms with Crippen molar-refractivity contribution in [3.05, 3.63) is 0 Å². The molecular formula is C17H36N2. The lowest BCUT2D eigenvalue weighted by Crippen LogP contribution is -2.54. The van der Waals surface area contributed by atoms with Crippen molar-refractivity contribution >= 4 is 0 Å². The Morgan fingerprint density at radius 1 is 1.26 bits per heavy atom. The molecule has 1 aliphatic carbocycles. The molecule has 0 heterocycles. The second-order valence-corrected chi connectivity index (χ2v) is 6.98. The van der Waals surface area contributed by atoms with Crippen molar-refractivity contribution in [2.75, 3.05) is 13.1 Å². The fraction of sp³-hybridized carbons (Fsp3) is 1.00. The Hall–Kier alpha value is -0.0800. The maximum atomic E-state index is 3.78. The summed E-state index contributed by atoms with van der Waals surface area (Å²) in [6.07, 6.45) is 6.61. The number of rotatable bonds is 8. The largest absolute Gasteiger partial charge is 0.312 e. The van der Waals surface area contributed by atoms with E-state index in [-0.39, 0.29) is 0 Å². The number of nitrogens with one attached hydrogen (secondary N) is 1. The molecule has 0 amide bonds. The predicted octanol–water partition coefficient (Wildman–Crippen LogP) is 4.05. The van der Waals surface area contributed by atoms with Crippen molar-refractivity contribution in [3.8, 4) is 0 Å². The second-order valence-electron chi connectivity index (χ2n) is 6.98. The van der Waals surface area contributed by atoms with Crippen molar-refractivity contribution in [3.63, 3.8) is 0 Å². The Bertz CT molecular complexity index is 250. The van der Waals surface area contributed by atoms with Gasteiger partial charge in [-0.05, 0) is 51.1 Å². The van der Waals surface area contributed by atoms with Gasteiger partial charge in [0.25, 0.3) is 0 Å². The third-order valence-electron chi connectivity index (χ3n) is 5.09. The van der Waals surface area contributed by atoms with Crippen LogP contribution < -0.4 is 5.32 Å². The van der Waals surface area contributed by atoms with Crippen LogP contribution in [0.25, 0.3) is 0 Å². The van der Waals surface area contributed by atoms with Gasteiger partial charge >= 0.3 is 0 Å². The molecule has 1 rings (SSSR count). The highest BCUT2D eigenvalue weighted by atomic mass is 15.2. The predicted molar refractivity (Wildman–Crippen MR) is 85.6 cm³/mol. The molecule has 0 aromatic rings. The van der Waals surface area contributed by atoms with Crippen LogP contribution in [0.1, 0.15) is 73.6 Å². The molecule has 2 nitrogen and oxygen atoms in total. The van der Waals surface area contributed by atoms with E-state index >= 15 is 0 Å². The topological polar surface area (TPSA) is 15.3 Å². The maximum Gasteiger partial charge on any atom is 0.0274 e. The molecule has 0 spiro atoms. The van der Waals surface area contributed by atoms with E-state index in [4.69, 9.17) is 0 Å². The number of likely N-dealkylation sites (N-methyl/N-ethyl adjacent to an activating group) is 1. The third-order valence-corrected chi connectivity index (χ3v) is 5.09. The summed E-state index contributed by atoms with van der Waals surface area (Å²) in [6, 6.07) is 2.10. The van der Waals surface area contributed by atoms with Crippen LogP contribution in [0, 0.1) is 5.41 Å². The average Bonchev–Trinajstić information content (AvgIpc) is 2.67. The highest BCUT2D eigenvalue weighted by Gasteiger charge is 2.44. The van der Waals surface area contributed by atoms with Crippen molar-refractivity contribution in [2.24, 2.45) is 5.41 Å². The fourth-order valence-electron chi connectivity index (χ4n) is 3.64. The van der Waals surface area contributed by atoms with Gasteiger partial charge in [0.2, 0.25) is 0 Å². The van der Waals surface area contributed by atoms with Crippen molar-refractivity contribution < 1.29 is 0 Å². The summed E-state index contributed by atoms with van der Waals surface area (Å²) < 4.78 is 0. The lowest BCUT2D eigenvalue weighted by atomic mass is 9.86. The van der Waals surface area contributed by atoms with Gasteiger partial charge in [-0.3, -0.25) is 4.90 Å². The summed E-state index contributed by atoms with van der Waals surface area (Å²) in [5.74, 6) is 0. The van der Waals surface area contributed by atoms with Gasteiger partial charge in [0, 0.05) is 18.1 Å². The minimum absolute atomic E-state index is 0.443. The highest BCUT2D eigenvalue weighted by Crippen LogP contribution is 2.40. The number of nitrogens with zero attached hydrogens (tertiary/aromatic N) is 1. The molecule has 0 aromatic heterocycles. The monoisotopic (exact) mass is 268 g/mol. The standard InChI is InChI=1S/C17H36N2/c1-7-10-13-19(14(4)8-2)15-11-12-17(5,6)16(15)18-9-3/h14-16,18H,7-13H2,1-6H3. The van der Waals surface area contributed by atoms with Gasteiger partial charge < -0.3 is 5.32 Å². The SMILES string of the molecule is CCCCN(C(C)CC)C1CCC(C)(C)C1NCC. The number of hydrogen-bond acceptors (Lipinski definition) is 2. The second kappa shape index (κ2) is 7.64. The summed E-state index contributed by atoms with van der Waals surface area (Å²) >= 11 is 0. The average molecular weight is 268 g/mol. The minimum Gasteiger partial charge on any atom is -0.312 e. The molecule has 19 heavy (non-hydrogen) atoms. The van der Waals surface area contributed by atoms with E-state index in [9.17, 15) is 0 Å². The third kappa shape index (κ3) is 4.19. The van der Waals surface area contributed by atoms with E-state index in [1.54, 1.807) is 0 Å². The van der Waals surface area contributed by atoms with Gasteiger partial charge in [0.1, 0.15) is 0 Å². The van der Waals surface area contributed by atoms with Crippen LogP contribution in [0.15, 0.2) is 0 Å². The summed E-state index contributed by atoms with van der Waals surface area (Å²) in [5.41, 5.74) is 0.443. The van der Waals surface area contributed by atoms with Crippen LogP contribution in [0.2, 0.25) is 0 Å². The van der Waals surface area contributed by atoms with Gasteiger partial charge in [0.15, 0.2) is 0 Å². The highest BCUT2D eigenvalue weighted by molar-refractivity contribution is 5.01. The van der Waals surface area contributed by atoms with Gasteiger partial charge in [-0.1, -0.05) is 41.0 Å². The first-order valence-corrected chi connectivity index (χ1v) is 8.47. The van der Waals surface area contributed by atoms with Crippen molar-refractivity contribution in [1.82, 2.24) is 10.2 Å². The Labute approximate surface area is 121 Å². The number of hydrogen-bond donors (Lipinski definition) is 1. The van der Waals surface area contributed by atoms with Crippen molar-refractivity contribution in [1.29, 1.82) is 0 Å². The van der Waals surface area contributed by atoms with E-state index in [0.717, 1.165) is 12.6 Å². The molecule has 2 heteroatoms. The van der Waals surface area contributed by atoms with E-state index in [1.807, 2.05) is 0 Å². The molecule has 3 unspecified atom stereocenters. The molecule has 0 saturated heterocycles. The minimum atomic E-state index is 0.443. The molecule has 0 aliphatic heterocycles. The first-order chi connectivity index (χ1) is 8.97. The van der Waals surface area contributed by atoms with Gasteiger partial charge in [-0.25, -0.2) is 0 Å². The lowest BCUT2D eigenvalue weighted by molar-refractivity contribution is 0.102. The van der Waals surface area contributed by atoms with Crippen LogP contribution in [0.4, 0.5) is 0 Å². The molecule has 114 valence electrons. The molecule has 1 saturated carbocycles. The quantitative estimate of drug-likeness (QED) is 0.714. The Morgan fingerprint density at radius 2 is 1.95 bits per heavy atom. The Balaban J connectivity index is 2.81. The summed E-state index contributed by atoms with van der Waals surface area (Å²) in [5, 5.41) is 3.78. The normalized spacial score (nSPS) is 27.9. The summed E-state index contributed by atoms with van der Waals surface area (Å²) in [4.78, 5) is 2.80. The molecule has 0 bridgehead atoms.